The van der Waals surface area contributed by atoms with Crippen LogP contribution in [0.15, 0.2) is 30.0 Å². The maximum atomic E-state index is 13.6. The second kappa shape index (κ2) is 6.37. The first-order valence-corrected chi connectivity index (χ1v) is 6.96. The summed E-state index contributed by atoms with van der Waals surface area (Å²) >= 11 is 0. The largest absolute Gasteiger partial charge is 0.445 e. The topological polar surface area (TPSA) is 65.1 Å². The monoisotopic (exact) mass is 323 g/mol. The molecule has 1 amide bonds. The number of aryl methyl sites for hydroxylation is 1. The Morgan fingerprint density at radius 3 is 2.61 bits per heavy atom. The van der Waals surface area contributed by atoms with E-state index < -0.39 is 17.7 Å². The van der Waals surface area contributed by atoms with E-state index in [9.17, 15) is 14.0 Å². The van der Waals surface area contributed by atoms with Crippen molar-refractivity contribution in [1.29, 1.82) is 0 Å². The average molecular weight is 323 g/mol. The number of halogens is 1. The molecule has 0 N–H and O–H groups in total. The number of carbonyl (C=O) groups excluding carboxylic acids is 2. The molecule has 0 atom stereocenters. The van der Waals surface area contributed by atoms with E-state index in [1.807, 2.05) is 0 Å². The summed E-state index contributed by atoms with van der Waals surface area (Å²) in [6.45, 7) is 4.78. The van der Waals surface area contributed by atoms with Gasteiger partial charge in [0.25, 0.3) is 5.91 Å². The third-order valence-electron chi connectivity index (χ3n) is 3.18. The van der Waals surface area contributed by atoms with Crippen molar-refractivity contribution in [2.45, 2.75) is 33.1 Å². The highest BCUT2D eigenvalue weighted by Gasteiger charge is 2.38. The lowest BCUT2D eigenvalue weighted by Crippen LogP contribution is -2.28. The van der Waals surface area contributed by atoms with Crippen molar-refractivity contribution in [1.82, 2.24) is 5.06 Å². The van der Waals surface area contributed by atoms with Crippen LogP contribution >= 0.6 is 0 Å². The van der Waals surface area contributed by atoms with Gasteiger partial charge < -0.3 is 9.47 Å². The number of hydrogen-bond donors (Lipinski definition) is 0. The Labute approximate surface area is 133 Å². The fourth-order valence-electron chi connectivity index (χ4n) is 2.01. The average Bonchev–Trinajstić information content (AvgIpc) is 2.72. The fourth-order valence-corrected chi connectivity index (χ4v) is 2.01. The minimum Gasteiger partial charge on any atom is -0.445 e. The number of rotatable bonds is 4. The number of hydrogen-bond acceptors (Lipinski definition) is 5. The lowest BCUT2D eigenvalue weighted by atomic mass is 10.1. The molecule has 0 radical (unpaired) electrons. The third-order valence-corrected chi connectivity index (χ3v) is 3.18. The molecule has 1 heterocycles. The minimum atomic E-state index is -1.11. The van der Waals surface area contributed by atoms with Crippen LogP contribution in [0.5, 0.6) is 0 Å². The molecule has 23 heavy (non-hydrogen) atoms. The van der Waals surface area contributed by atoms with Crippen molar-refractivity contribution in [3.63, 3.8) is 0 Å². The van der Waals surface area contributed by atoms with E-state index in [4.69, 9.17) is 14.3 Å². The molecule has 1 saturated heterocycles. The van der Waals surface area contributed by atoms with Crippen molar-refractivity contribution >= 4 is 11.9 Å². The highest BCUT2D eigenvalue weighted by atomic mass is 19.1. The summed E-state index contributed by atoms with van der Waals surface area (Å²) in [5.41, 5.74) is 1.06. The van der Waals surface area contributed by atoms with Crippen molar-refractivity contribution in [3.8, 4) is 0 Å². The molecule has 1 aromatic carbocycles. The molecule has 7 heteroatoms. The third kappa shape index (κ3) is 4.07. The van der Waals surface area contributed by atoms with Crippen molar-refractivity contribution in [2.24, 2.45) is 0 Å². The van der Waals surface area contributed by atoms with E-state index in [0.29, 0.717) is 11.1 Å². The van der Waals surface area contributed by atoms with E-state index in [1.54, 1.807) is 32.9 Å². The van der Waals surface area contributed by atoms with Crippen LogP contribution in [0.2, 0.25) is 0 Å². The first kappa shape index (κ1) is 17.0. The van der Waals surface area contributed by atoms with Gasteiger partial charge >= 0.3 is 5.97 Å². The zero-order chi connectivity index (χ0) is 17.2. The van der Waals surface area contributed by atoms with Crippen LogP contribution in [0.3, 0.4) is 0 Å². The van der Waals surface area contributed by atoms with Crippen LogP contribution in [-0.2, 0) is 30.4 Å². The van der Waals surface area contributed by atoms with Gasteiger partial charge in [-0.3, -0.25) is 9.63 Å². The number of ether oxygens (including phenoxy) is 2. The number of cyclic esters (lactones) is 1. The molecule has 2 rings (SSSR count). The molecule has 0 unspecified atom stereocenters. The van der Waals surface area contributed by atoms with Gasteiger partial charge in [0.1, 0.15) is 5.82 Å². The molecule has 0 aliphatic carbocycles. The van der Waals surface area contributed by atoms with Crippen molar-refractivity contribution in [2.75, 3.05) is 7.11 Å². The molecule has 1 aliphatic heterocycles. The van der Waals surface area contributed by atoms with Crippen LogP contribution in [0.25, 0.3) is 0 Å². The van der Waals surface area contributed by atoms with Gasteiger partial charge in [-0.25, -0.2) is 14.2 Å². The lowest BCUT2D eigenvalue weighted by Gasteiger charge is -2.18. The molecule has 1 aliphatic rings. The normalized spacial score (nSPS) is 17.8. The Hall–Kier alpha value is -2.41. The maximum Gasteiger partial charge on any atom is 0.377 e. The predicted octanol–water partition coefficient (Wildman–Crippen LogP) is 2.22. The van der Waals surface area contributed by atoms with Gasteiger partial charge in [-0.1, -0.05) is 12.1 Å². The molecule has 0 saturated carbocycles. The van der Waals surface area contributed by atoms with Crippen LogP contribution in [0.1, 0.15) is 25.0 Å². The van der Waals surface area contributed by atoms with E-state index >= 15 is 0 Å². The molecular formula is C16H18FNO5. The predicted molar refractivity (Wildman–Crippen MR) is 78.0 cm³/mol. The number of hydroxylamine groups is 2. The Kier molecular flexibility index (Phi) is 4.70. The Bertz CT molecular complexity index is 668. The summed E-state index contributed by atoms with van der Waals surface area (Å²) < 4.78 is 23.7. The number of amides is 1. The second-order valence-corrected chi connectivity index (χ2v) is 5.54. The molecule has 1 fully saturated rings. The van der Waals surface area contributed by atoms with E-state index in [-0.39, 0.29) is 18.1 Å². The highest BCUT2D eigenvalue weighted by Crippen LogP contribution is 2.26. The standard InChI is InChI=1S/C16H18FNO5/c1-10-5-6-11(7-12(10)17)9-18(21-4)14(19)8-13-15(20)23-16(2,3)22-13/h5-8H,9H2,1-4H3/b13-8-. The van der Waals surface area contributed by atoms with E-state index in [2.05, 4.69) is 0 Å². The number of carbonyl (C=O) groups is 2. The van der Waals surface area contributed by atoms with Crippen LogP contribution in [0.4, 0.5) is 4.39 Å². The molecule has 6 nitrogen and oxygen atoms in total. The quantitative estimate of drug-likeness (QED) is 0.483. The van der Waals surface area contributed by atoms with Crippen molar-refractivity contribution in [3.05, 3.63) is 47.0 Å². The van der Waals surface area contributed by atoms with Gasteiger partial charge in [-0.2, -0.15) is 0 Å². The van der Waals surface area contributed by atoms with Gasteiger partial charge in [0.2, 0.25) is 11.5 Å². The summed E-state index contributed by atoms with van der Waals surface area (Å²) in [6, 6.07) is 4.63. The summed E-state index contributed by atoms with van der Waals surface area (Å²) in [5, 5.41) is 0.985. The lowest BCUT2D eigenvalue weighted by molar-refractivity contribution is -0.173. The number of nitrogens with zero attached hydrogens (tertiary/aromatic N) is 1. The van der Waals surface area contributed by atoms with Crippen molar-refractivity contribution < 1.29 is 28.3 Å². The SMILES string of the molecule is CON(Cc1ccc(C)c(F)c1)C(=O)/C=C1\OC(C)(C)OC1=O. The zero-order valence-electron chi connectivity index (χ0n) is 13.4. The van der Waals surface area contributed by atoms with Gasteiger partial charge in [-0.05, 0) is 24.1 Å². The molecule has 124 valence electrons. The van der Waals surface area contributed by atoms with E-state index in [0.717, 1.165) is 11.1 Å². The van der Waals surface area contributed by atoms with Gasteiger partial charge in [-0.15, -0.1) is 0 Å². The molecule has 0 bridgehead atoms. The maximum absolute atomic E-state index is 13.6. The van der Waals surface area contributed by atoms with Gasteiger partial charge in [0, 0.05) is 13.8 Å². The Balaban J connectivity index is 2.13. The van der Waals surface area contributed by atoms with Crippen LogP contribution in [-0.4, -0.2) is 29.8 Å². The van der Waals surface area contributed by atoms with Crippen LogP contribution in [0, 0.1) is 12.7 Å². The number of benzene rings is 1. The first-order valence-electron chi connectivity index (χ1n) is 6.96. The highest BCUT2D eigenvalue weighted by molar-refractivity contribution is 5.97. The zero-order valence-corrected chi connectivity index (χ0v) is 13.4. The summed E-state index contributed by atoms with van der Waals surface area (Å²) in [5.74, 6) is -3.01. The molecular weight excluding hydrogens is 305 g/mol. The summed E-state index contributed by atoms with van der Waals surface area (Å²) in [4.78, 5) is 28.8. The van der Waals surface area contributed by atoms with E-state index in [1.165, 1.54) is 13.2 Å². The minimum absolute atomic E-state index is 0.0226. The Morgan fingerprint density at radius 2 is 2.09 bits per heavy atom. The van der Waals surface area contributed by atoms with Crippen LogP contribution < -0.4 is 0 Å². The smallest absolute Gasteiger partial charge is 0.377 e. The molecule has 1 aromatic rings. The van der Waals surface area contributed by atoms with Gasteiger partial charge in [0.05, 0.1) is 19.7 Å². The first-order chi connectivity index (χ1) is 10.7. The molecule has 0 aromatic heterocycles. The fraction of sp³-hybridized carbons (Fsp3) is 0.375. The Morgan fingerprint density at radius 1 is 1.39 bits per heavy atom. The number of esters is 1. The second-order valence-electron chi connectivity index (χ2n) is 5.54. The summed E-state index contributed by atoms with van der Waals surface area (Å²) in [7, 11) is 1.30. The van der Waals surface area contributed by atoms with Gasteiger partial charge in [0.15, 0.2) is 0 Å². The summed E-state index contributed by atoms with van der Waals surface area (Å²) in [6.07, 6.45) is 0.991. The molecule has 0 spiro atoms.